The number of hydrogen-bond donors (Lipinski definition) is 0. The van der Waals surface area contributed by atoms with Crippen molar-refractivity contribution in [1.29, 1.82) is 5.26 Å². The van der Waals surface area contributed by atoms with Gasteiger partial charge in [-0.15, -0.1) is 0 Å². The fourth-order valence-corrected chi connectivity index (χ4v) is 2.67. The number of benzene rings is 2. The van der Waals surface area contributed by atoms with E-state index in [-0.39, 0.29) is 5.92 Å². The second-order valence-electron chi connectivity index (χ2n) is 5.88. The lowest BCUT2D eigenvalue weighted by molar-refractivity contribution is 0.408. The number of anilines is 1. The van der Waals surface area contributed by atoms with Crippen LogP contribution in [-0.4, -0.2) is 21.2 Å². The smallest absolute Gasteiger partial charge is 0.123 e. The predicted molar refractivity (Wildman–Crippen MR) is 95.2 cm³/mol. The lowest BCUT2D eigenvalue weighted by Crippen LogP contribution is -2.08. The number of nitrogens with zero attached hydrogens (tertiary/aromatic N) is 2. The van der Waals surface area contributed by atoms with E-state index in [0.29, 0.717) is 6.42 Å². The third-order valence-corrected chi connectivity index (χ3v) is 4.13. The molecule has 1 unspecified atom stereocenters. The topological polar surface area (TPSA) is 36.3 Å². The predicted octanol–water partition coefficient (Wildman–Crippen LogP) is 4.17. The minimum Gasteiger partial charge on any atom is -0.496 e. The van der Waals surface area contributed by atoms with Crippen LogP contribution < -0.4 is 9.64 Å². The Balaban J connectivity index is 2.28. The van der Waals surface area contributed by atoms with Gasteiger partial charge in [-0.3, -0.25) is 0 Å². The van der Waals surface area contributed by atoms with Crippen LogP contribution in [0.3, 0.4) is 0 Å². The molecule has 1 atom stereocenters. The Morgan fingerprint density at radius 1 is 1.09 bits per heavy atom. The quantitative estimate of drug-likeness (QED) is 0.803. The van der Waals surface area contributed by atoms with Gasteiger partial charge in [0.05, 0.1) is 19.1 Å². The average Bonchev–Trinajstić information content (AvgIpc) is 2.59. The Morgan fingerprint density at radius 2 is 1.74 bits per heavy atom. The third-order valence-electron chi connectivity index (χ3n) is 4.13. The van der Waals surface area contributed by atoms with Gasteiger partial charge >= 0.3 is 0 Å². The molecule has 0 amide bonds. The summed E-state index contributed by atoms with van der Waals surface area (Å²) in [6.07, 6.45) is 1.64. The molecule has 120 valence electrons. The molecule has 0 spiro atoms. The van der Waals surface area contributed by atoms with Gasteiger partial charge in [-0.1, -0.05) is 31.2 Å². The molecule has 0 N–H and O–H groups in total. The molecule has 0 aliphatic rings. The van der Waals surface area contributed by atoms with Gasteiger partial charge in [0.25, 0.3) is 0 Å². The summed E-state index contributed by atoms with van der Waals surface area (Å²) >= 11 is 0. The highest BCUT2D eigenvalue weighted by Gasteiger charge is 2.17. The number of ether oxygens (including phenoxy) is 1. The molecule has 0 fully saturated rings. The van der Waals surface area contributed by atoms with E-state index in [4.69, 9.17) is 4.74 Å². The van der Waals surface area contributed by atoms with Crippen molar-refractivity contribution in [2.45, 2.75) is 25.7 Å². The molecule has 2 rings (SSSR count). The van der Waals surface area contributed by atoms with Crippen LogP contribution in [0.4, 0.5) is 5.69 Å². The number of aryl methyl sites for hydroxylation is 1. The maximum Gasteiger partial charge on any atom is 0.123 e. The van der Waals surface area contributed by atoms with E-state index >= 15 is 0 Å². The summed E-state index contributed by atoms with van der Waals surface area (Å²) in [5.41, 5.74) is 4.52. The van der Waals surface area contributed by atoms with Gasteiger partial charge in [-0.05, 0) is 42.2 Å². The van der Waals surface area contributed by atoms with Crippen molar-refractivity contribution < 1.29 is 4.74 Å². The molecule has 0 aromatic heterocycles. The van der Waals surface area contributed by atoms with Crippen LogP contribution in [0.15, 0.2) is 42.5 Å². The van der Waals surface area contributed by atoms with Crippen LogP contribution in [-0.2, 0) is 12.8 Å². The van der Waals surface area contributed by atoms with Crippen LogP contribution in [0.25, 0.3) is 0 Å². The fraction of sp³-hybridized carbons (Fsp3) is 0.350. The first kappa shape index (κ1) is 16.9. The number of methoxy groups -OCH3 is 1. The van der Waals surface area contributed by atoms with Gasteiger partial charge in [-0.2, -0.15) is 5.26 Å². The summed E-state index contributed by atoms with van der Waals surface area (Å²) in [6.45, 7) is 2.12. The number of rotatable bonds is 6. The lowest BCUT2D eigenvalue weighted by Gasteiger charge is -2.16. The van der Waals surface area contributed by atoms with Gasteiger partial charge in [0.15, 0.2) is 0 Å². The fourth-order valence-electron chi connectivity index (χ4n) is 2.67. The molecule has 0 saturated heterocycles. The van der Waals surface area contributed by atoms with E-state index in [1.165, 1.54) is 5.56 Å². The summed E-state index contributed by atoms with van der Waals surface area (Å²) < 4.78 is 5.46. The molecule has 3 nitrogen and oxygen atoms in total. The zero-order valence-corrected chi connectivity index (χ0v) is 14.3. The standard InChI is InChI=1S/C20H24N2O/c1-5-15-8-11-20(23-4)19(13-15)17(14-21)12-16-6-9-18(10-7-16)22(2)3/h6-11,13,17H,5,12H2,1-4H3. The van der Waals surface area contributed by atoms with Crippen molar-refractivity contribution in [3.63, 3.8) is 0 Å². The minimum absolute atomic E-state index is 0.207. The van der Waals surface area contributed by atoms with Crippen LogP contribution in [0, 0.1) is 11.3 Å². The molecule has 0 bridgehead atoms. The highest BCUT2D eigenvalue weighted by atomic mass is 16.5. The summed E-state index contributed by atoms with van der Waals surface area (Å²) in [4.78, 5) is 2.07. The largest absolute Gasteiger partial charge is 0.496 e. The van der Waals surface area contributed by atoms with Gasteiger partial charge in [0.1, 0.15) is 5.75 Å². The second-order valence-corrected chi connectivity index (χ2v) is 5.88. The van der Waals surface area contributed by atoms with E-state index in [2.05, 4.69) is 54.3 Å². The lowest BCUT2D eigenvalue weighted by atomic mass is 9.91. The average molecular weight is 308 g/mol. The highest BCUT2D eigenvalue weighted by molar-refractivity contribution is 5.47. The maximum atomic E-state index is 9.65. The van der Waals surface area contributed by atoms with Gasteiger partial charge in [0, 0.05) is 25.3 Å². The Labute approximate surface area is 139 Å². The molecule has 0 heterocycles. The van der Waals surface area contributed by atoms with E-state index in [9.17, 15) is 5.26 Å². The van der Waals surface area contributed by atoms with Crippen molar-refractivity contribution in [3.8, 4) is 11.8 Å². The SMILES string of the molecule is CCc1ccc(OC)c(C(C#N)Cc2ccc(N(C)C)cc2)c1. The minimum atomic E-state index is -0.207. The first-order chi connectivity index (χ1) is 11.1. The summed E-state index contributed by atoms with van der Waals surface area (Å²) in [5, 5.41) is 9.65. The van der Waals surface area contributed by atoms with Crippen LogP contribution in [0.2, 0.25) is 0 Å². The zero-order chi connectivity index (χ0) is 16.8. The Kier molecular flexibility index (Phi) is 5.65. The Morgan fingerprint density at radius 3 is 2.26 bits per heavy atom. The molecule has 0 aliphatic carbocycles. The molecule has 2 aromatic carbocycles. The summed E-state index contributed by atoms with van der Waals surface area (Å²) in [5.74, 6) is 0.584. The van der Waals surface area contributed by atoms with E-state index in [0.717, 1.165) is 29.0 Å². The molecule has 0 aliphatic heterocycles. The van der Waals surface area contributed by atoms with Crippen molar-refractivity contribution in [1.82, 2.24) is 0 Å². The summed E-state index contributed by atoms with van der Waals surface area (Å²) in [6, 6.07) is 16.9. The van der Waals surface area contributed by atoms with Crippen LogP contribution in [0.1, 0.15) is 29.5 Å². The van der Waals surface area contributed by atoms with E-state index < -0.39 is 0 Å². The van der Waals surface area contributed by atoms with Crippen molar-refractivity contribution in [3.05, 3.63) is 59.2 Å². The van der Waals surface area contributed by atoms with Crippen LogP contribution in [0.5, 0.6) is 5.75 Å². The normalized spacial score (nSPS) is 11.6. The Hall–Kier alpha value is -2.47. The highest BCUT2D eigenvalue weighted by Crippen LogP contribution is 2.30. The van der Waals surface area contributed by atoms with E-state index in [1.54, 1.807) is 7.11 Å². The van der Waals surface area contributed by atoms with Crippen LogP contribution >= 0.6 is 0 Å². The van der Waals surface area contributed by atoms with Crippen molar-refractivity contribution >= 4 is 5.69 Å². The second kappa shape index (κ2) is 7.69. The molecule has 23 heavy (non-hydrogen) atoms. The first-order valence-electron chi connectivity index (χ1n) is 7.91. The van der Waals surface area contributed by atoms with E-state index in [1.807, 2.05) is 20.2 Å². The molecule has 0 saturated carbocycles. The molecular weight excluding hydrogens is 284 g/mol. The monoisotopic (exact) mass is 308 g/mol. The summed E-state index contributed by atoms with van der Waals surface area (Å²) in [7, 11) is 5.70. The van der Waals surface area contributed by atoms with Gasteiger partial charge in [-0.25, -0.2) is 0 Å². The van der Waals surface area contributed by atoms with Gasteiger partial charge in [0.2, 0.25) is 0 Å². The molecular formula is C20H24N2O. The van der Waals surface area contributed by atoms with Crippen molar-refractivity contribution in [2.24, 2.45) is 0 Å². The zero-order valence-electron chi connectivity index (χ0n) is 14.3. The first-order valence-corrected chi connectivity index (χ1v) is 7.91. The number of nitriles is 1. The Bertz CT molecular complexity index is 684. The maximum absolute atomic E-state index is 9.65. The van der Waals surface area contributed by atoms with Crippen molar-refractivity contribution in [2.75, 3.05) is 26.1 Å². The third kappa shape index (κ3) is 4.04. The molecule has 0 radical (unpaired) electrons. The van der Waals surface area contributed by atoms with Gasteiger partial charge < -0.3 is 9.64 Å². The number of hydrogen-bond acceptors (Lipinski definition) is 3. The molecule has 3 heteroatoms. The molecule has 2 aromatic rings.